The fraction of sp³-hybridized carbons (Fsp3) is 0.529. The van der Waals surface area contributed by atoms with Crippen LogP contribution in [0.2, 0.25) is 0 Å². The molecule has 0 bridgehead atoms. The summed E-state index contributed by atoms with van der Waals surface area (Å²) < 4.78 is 0. The lowest BCUT2D eigenvalue weighted by Crippen LogP contribution is -2.50. The molecule has 0 saturated heterocycles. The number of rotatable bonds is 4. The van der Waals surface area contributed by atoms with Gasteiger partial charge in [-0.25, -0.2) is 4.98 Å². The number of nitrogens with one attached hydrogen (secondary N) is 1. The number of fused-ring (bicyclic) bond motifs is 1. The van der Waals surface area contributed by atoms with E-state index in [9.17, 15) is 5.11 Å². The third-order valence-corrected chi connectivity index (χ3v) is 4.68. The summed E-state index contributed by atoms with van der Waals surface area (Å²) in [5.74, 6) is 0.770. The molecule has 1 heterocycles. The molecule has 4 nitrogen and oxygen atoms in total. The number of aliphatic hydroxyl groups excluding tert-OH is 1. The van der Waals surface area contributed by atoms with Crippen molar-refractivity contribution in [2.45, 2.75) is 44.7 Å². The van der Waals surface area contributed by atoms with Crippen molar-refractivity contribution in [2.75, 3.05) is 6.61 Å². The van der Waals surface area contributed by atoms with Crippen LogP contribution in [0.25, 0.3) is 11.0 Å². The van der Waals surface area contributed by atoms with Crippen LogP contribution in [0.1, 0.15) is 38.3 Å². The molecular formula is C17H23N3O. The molecule has 0 radical (unpaired) electrons. The molecule has 0 unspecified atom stereocenters. The van der Waals surface area contributed by atoms with E-state index >= 15 is 0 Å². The van der Waals surface area contributed by atoms with Crippen LogP contribution in [0.4, 0.5) is 0 Å². The standard InChI is InChI=1S/C17H23N3O/c1-13-6-8-17(12-21,9-7-13)19-11-14-10-18-15-4-2-3-5-16(15)20-14/h2-5,10,13,19,21H,6-9,11-12H2,1H3. The van der Waals surface area contributed by atoms with Crippen molar-refractivity contribution in [3.8, 4) is 0 Å². The summed E-state index contributed by atoms with van der Waals surface area (Å²) in [6.45, 7) is 3.14. The van der Waals surface area contributed by atoms with Gasteiger partial charge in [0, 0.05) is 12.1 Å². The Balaban J connectivity index is 1.70. The summed E-state index contributed by atoms with van der Waals surface area (Å²) in [6, 6.07) is 7.90. The first-order valence-corrected chi connectivity index (χ1v) is 7.77. The minimum absolute atomic E-state index is 0.139. The lowest BCUT2D eigenvalue weighted by atomic mass is 9.77. The largest absolute Gasteiger partial charge is 0.394 e. The first-order valence-electron chi connectivity index (χ1n) is 7.77. The van der Waals surface area contributed by atoms with Gasteiger partial charge in [-0.1, -0.05) is 19.1 Å². The maximum atomic E-state index is 9.78. The van der Waals surface area contributed by atoms with Gasteiger partial charge >= 0.3 is 0 Å². The molecule has 1 aliphatic rings. The summed E-state index contributed by atoms with van der Waals surface area (Å²) >= 11 is 0. The zero-order valence-corrected chi connectivity index (χ0v) is 12.5. The quantitative estimate of drug-likeness (QED) is 0.906. The Morgan fingerprint density at radius 1 is 1.24 bits per heavy atom. The zero-order chi connectivity index (χ0) is 14.7. The van der Waals surface area contributed by atoms with Gasteiger partial charge in [-0.2, -0.15) is 0 Å². The molecule has 112 valence electrons. The Morgan fingerprint density at radius 3 is 2.67 bits per heavy atom. The highest BCUT2D eigenvalue weighted by molar-refractivity contribution is 5.73. The zero-order valence-electron chi connectivity index (χ0n) is 12.5. The van der Waals surface area contributed by atoms with Crippen LogP contribution >= 0.6 is 0 Å². The first-order chi connectivity index (χ1) is 10.2. The molecular weight excluding hydrogens is 262 g/mol. The molecule has 0 amide bonds. The van der Waals surface area contributed by atoms with Gasteiger partial charge in [0.2, 0.25) is 0 Å². The van der Waals surface area contributed by atoms with Gasteiger partial charge in [0.15, 0.2) is 0 Å². The molecule has 2 N–H and O–H groups in total. The predicted molar refractivity (Wildman–Crippen MR) is 83.8 cm³/mol. The molecule has 0 atom stereocenters. The molecule has 21 heavy (non-hydrogen) atoms. The van der Waals surface area contributed by atoms with Gasteiger partial charge in [0.25, 0.3) is 0 Å². The molecule has 1 aromatic carbocycles. The normalized spacial score (nSPS) is 26.1. The highest BCUT2D eigenvalue weighted by atomic mass is 16.3. The molecule has 1 aromatic heterocycles. The smallest absolute Gasteiger partial charge is 0.0890 e. The van der Waals surface area contributed by atoms with Crippen molar-refractivity contribution in [3.05, 3.63) is 36.2 Å². The maximum Gasteiger partial charge on any atom is 0.0890 e. The molecule has 1 saturated carbocycles. The van der Waals surface area contributed by atoms with Crippen molar-refractivity contribution in [3.63, 3.8) is 0 Å². The average Bonchev–Trinajstić information content (AvgIpc) is 2.55. The van der Waals surface area contributed by atoms with E-state index in [-0.39, 0.29) is 12.1 Å². The van der Waals surface area contributed by atoms with Crippen molar-refractivity contribution in [1.29, 1.82) is 0 Å². The fourth-order valence-corrected chi connectivity index (χ4v) is 3.06. The highest BCUT2D eigenvalue weighted by Gasteiger charge is 2.33. The van der Waals surface area contributed by atoms with Crippen molar-refractivity contribution in [2.24, 2.45) is 5.92 Å². The minimum atomic E-state index is -0.139. The van der Waals surface area contributed by atoms with Crippen LogP contribution < -0.4 is 5.32 Å². The molecule has 3 rings (SSSR count). The molecule has 2 aromatic rings. The number of para-hydroxylation sites is 2. The Morgan fingerprint density at radius 2 is 1.95 bits per heavy atom. The minimum Gasteiger partial charge on any atom is -0.394 e. The van der Waals surface area contributed by atoms with Crippen LogP contribution in [0, 0.1) is 5.92 Å². The van der Waals surface area contributed by atoms with Gasteiger partial charge in [0.05, 0.1) is 29.5 Å². The molecule has 1 aliphatic carbocycles. The van der Waals surface area contributed by atoms with E-state index in [0.29, 0.717) is 6.54 Å². The van der Waals surface area contributed by atoms with Crippen LogP contribution in [0.3, 0.4) is 0 Å². The topological polar surface area (TPSA) is 58.0 Å². The van der Waals surface area contributed by atoms with Gasteiger partial charge < -0.3 is 10.4 Å². The van der Waals surface area contributed by atoms with E-state index in [1.54, 1.807) is 0 Å². The molecule has 0 spiro atoms. The van der Waals surface area contributed by atoms with Crippen molar-refractivity contribution < 1.29 is 5.11 Å². The second-order valence-electron chi connectivity index (χ2n) is 6.32. The van der Waals surface area contributed by atoms with Gasteiger partial charge in [0.1, 0.15) is 0 Å². The Kier molecular flexibility index (Phi) is 4.17. The van der Waals surface area contributed by atoms with Crippen LogP contribution in [-0.4, -0.2) is 27.2 Å². The molecule has 4 heteroatoms. The van der Waals surface area contributed by atoms with Gasteiger partial charge in [-0.3, -0.25) is 4.98 Å². The van der Waals surface area contributed by atoms with Crippen LogP contribution in [0.5, 0.6) is 0 Å². The fourth-order valence-electron chi connectivity index (χ4n) is 3.06. The summed E-state index contributed by atoms with van der Waals surface area (Å²) in [4.78, 5) is 9.07. The Bertz CT molecular complexity index is 606. The second-order valence-corrected chi connectivity index (χ2v) is 6.32. The maximum absolute atomic E-state index is 9.78. The SMILES string of the molecule is CC1CCC(CO)(NCc2cnc3ccccc3n2)CC1. The molecule has 1 fully saturated rings. The monoisotopic (exact) mass is 285 g/mol. The van der Waals surface area contributed by atoms with E-state index in [4.69, 9.17) is 0 Å². The Labute approximate surface area is 125 Å². The average molecular weight is 285 g/mol. The van der Waals surface area contributed by atoms with Crippen LogP contribution in [0.15, 0.2) is 30.5 Å². The second kappa shape index (κ2) is 6.08. The van der Waals surface area contributed by atoms with Crippen molar-refractivity contribution in [1.82, 2.24) is 15.3 Å². The first kappa shape index (κ1) is 14.4. The van der Waals surface area contributed by atoms with Gasteiger partial charge in [-0.05, 0) is 43.7 Å². The Hall–Kier alpha value is -1.52. The highest BCUT2D eigenvalue weighted by Crippen LogP contribution is 2.31. The third kappa shape index (κ3) is 3.22. The number of nitrogens with zero attached hydrogens (tertiary/aromatic N) is 2. The number of hydrogen-bond acceptors (Lipinski definition) is 4. The van der Waals surface area contributed by atoms with E-state index in [2.05, 4.69) is 22.2 Å². The number of hydrogen-bond donors (Lipinski definition) is 2. The summed E-state index contributed by atoms with van der Waals surface area (Å²) in [5, 5.41) is 13.3. The number of aromatic nitrogens is 2. The summed E-state index contributed by atoms with van der Waals surface area (Å²) in [5.41, 5.74) is 2.64. The van der Waals surface area contributed by atoms with Gasteiger partial charge in [-0.15, -0.1) is 0 Å². The third-order valence-electron chi connectivity index (χ3n) is 4.68. The van der Waals surface area contributed by atoms with E-state index in [1.807, 2.05) is 30.5 Å². The number of benzene rings is 1. The summed E-state index contributed by atoms with van der Waals surface area (Å²) in [7, 11) is 0. The van der Waals surface area contributed by atoms with E-state index in [1.165, 1.54) is 12.8 Å². The predicted octanol–water partition coefficient (Wildman–Crippen LogP) is 2.66. The lowest BCUT2D eigenvalue weighted by Gasteiger charge is -2.39. The van der Waals surface area contributed by atoms with E-state index < -0.39 is 0 Å². The van der Waals surface area contributed by atoms with E-state index in [0.717, 1.165) is 35.5 Å². The van der Waals surface area contributed by atoms with Crippen LogP contribution in [-0.2, 0) is 6.54 Å². The molecule has 0 aliphatic heterocycles. The lowest BCUT2D eigenvalue weighted by molar-refractivity contribution is 0.104. The number of aliphatic hydroxyl groups is 1. The summed E-state index contributed by atoms with van der Waals surface area (Å²) in [6.07, 6.45) is 6.25. The van der Waals surface area contributed by atoms with Crippen molar-refractivity contribution >= 4 is 11.0 Å².